The van der Waals surface area contributed by atoms with E-state index in [2.05, 4.69) is 26.2 Å². The summed E-state index contributed by atoms with van der Waals surface area (Å²) in [6, 6.07) is 5.40. The van der Waals surface area contributed by atoms with Gasteiger partial charge in [0.15, 0.2) is 5.69 Å². The van der Waals surface area contributed by atoms with Gasteiger partial charge in [0.1, 0.15) is 0 Å². The molecular weight excluding hydrogens is 356 g/mol. The number of thiazole rings is 1. The second kappa shape index (κ2) is 6.82. The van der Waals surface area contributed by atoms with E-state index in [1.54, 1.807) is 6.07 Å². The molecule has 1 aromatic carbocycles. The minimum absolute atomic E-state index is 0.0462. The lowest BCUT2D eigenvalue weighted by atomic mass is 10.1. The highest BCUT2D eigenvalue weighted by Crippen LogP contribution is 2.17. The Morgan fingerprint density at radius 2 is 2.19 bits per heavy atom. The molecule has 0 saturated heterocycles. The number of nitrogens with one attached hydrogen (secondary N) is 1. The highest BCUT2D eigenvalue weighted by atomic mass is 79.9. The third-order valence-corrected chi connectivity index (χ3v) is 4.61. The summed E-state index contributed by atoms with van der Waals surface area (Å²) in [5.41, 5.74) is 1.64. The monoisotopic (exact) mass is 368 g/mol. The number of aryl methyl sites for hydroxylation is 1. The van der Waals surface area contributed by atoms with Crippen molar-refractivity contribution in [3.05, 3.63) is 49.9 Å². The van der Waals surface area contributed by atoms with Gasteiger partial charge in [-0.05, 0) is 30.7 Å². The van der Waals surface area contributed by atoms with Gasteiger partial charge in [0.05, 0.1) is 5.01 Å². The standard InChI is InChI=1S/C14H13BrN2O3S/c1-8-6-9(2-3-10(8)15)13(18)16-5-4-12-17-11(7-21-12)14(19)20/h2-3,6-7H,4-5H2,1H3,(H,16,18)(H,19,20). The third-order valence-electron chi connectivity index (χ3n) is 2.82. The fourth-order valence-corrected chi connectivity index (χ4v) is 2.71. The Morgan fingerprint density at radius 1 is 1.43 bits per heavy atom. The summed E-state index contributed by atoms with van der Waals surface area (Å²) in [5.74, 6) is -1.19. The molecule has 0 radical (unpaired) electrons. The number of aromatic carboxylic acids is 1. The summed E-state index contributed by atoms with van der Waals surface area (Å²) >= 11 is 4.67. The van der Waals surface area contributed by atoms with Crippen LogP contribution in [-0.2, 0) is 6.42 Å². The van der Waals surface area contributed by atoms with E-state index < -0.39 is 5.97 Å². The number of carboxylic acid groups (broad SMARTS) is 1. The predicted octanol–water partition coefficient (Wildman–Crippen LogP) is 2.88. The van der Waals surface area contributed by atoms with Gasteiger partial charge in [0.2, 0.25) is 0 Å². The van der Waals surface area contributed by atoms with Gasteiger partial charge < -0.3 is 10.4 Å². The Bertz CT molecular complexity index is 685. The molecule has 0 unspecified atom stereocenters. The number of carbonyl (C=O) groups is 2. The SMILES string of the molecule is Cc1cc(C(=O)NCCc2nc(C(=O)O)cs2)ccc1Br. The van der Waals surface area contributed by atoms with Gasteiger partial charge in [-0.3, -0.25) is 4.79 Å². The smallest absolute Gasteiger partial charge is 0.355 e. The average molecular weight is 369 g/mol. The Hall–Kier alpha value is -1.73. The van der Waals surface area contributed by atoms with E-state index >= 15 is 0 Å². The molecule has 0 aliphatic rings. The van der Waals surface area contributed by atoms with Crippen LogP contribution in [0.1, 0.15) is 31.4 Å². The van der Waals surface area contributed by atoms with Crippen LogP contribution in [-0.4, -0.2) is 28.5 Å². The van der Waals surface area contributed by atoms with Gasteiger partial charge in [0, 0.05) is 28.4 Å². The molecule has 0 aliphatic carbocycles. The first-order valence-corrected chi connectivity index (χ1v) is 7.86. The zero-order chi connectivity index (χ0) is 15.4. The number of carbonyl (C=O) groups excluding carboxylic acids is 1. The van der Waals surface area contributed by atoms with E-state index in [1.165, 1.54) is 16.7 Å². The minimum Gasteiger partial charge on any atom is -0.476 e. The molecule has 0 atom stereocenters. The zero-order valence-corrected chi connectivity index (χ0v) is 13.6. The molecule has 1 amide bonds. The number of hydrogen-bond donors (Lipinski definition) is 2. The number of aromatic nitrogens is 1. The highest BCUT2D eigenvalue weighted by Gasteiger charge is 2.10. The van der Waals surface area contributed by atoms with E-state index in [-0.39, 0.29) is 11.6 Å². The molecule has 2 N–H and O–H groups in total. The van der Waals surface area contributed by atoms with Crippen LogP contribution in [0.5, 0.6) is 0 Å². The number of halogens is 1. The van der Waals surface area contributed by atoms with Crippen LogP contribution in [0.2, 0.25) is 0 Å². The molecular formula is C14H13BrN2O3S. The summed E-state index contributed by atoms with van der Waals surface area (Å²) in [4.78, 5) is 26.7. The van der Waals surface area contributed by atoms with Crippen molar-refractivity contribution in [2.75, 3.05) is 6.54 Å². The van der Waals surface area contributed by atoms with Gasteiger partial charge in [0.25, 0.3) is 5.91 Å². The molecule has 0 spiro atoms. The topological polar surface area (TPSA) is 79.3 Å². The Balaban J connectivity index is 1.88. The van der Waals surface area contributed by atoms with Crippen molar-refractivity contribution in [2.24, 2.45) is 0 Å². The molecule has 110 valence electrons. The van der Waals surface area contributed by atoms with Crippen molar-refractivity contribution in [1.29, 1.82) is 0 Å². The van der Waals surface area contributed by atoms with E-state index in [0.29, 0.717) is 23.5 Å². The minimum atomic E-state index is -1.04. The number of benzene rings is 1. The number of hydrogen-bond acceptors (Lipinski definition) is 4. The lowest BCUT2D eigenvalue weighted by Gasteiger charge is -2.05. The van der Waals surface area contributed by atoms with Gasteiger partial charge in [-0.25, -0.2) is 9.78 Å². The second-order valence-electron chi connectivity index (χ2n) is 4.40. The second-order valence-corrected chi connectivity index (χ2v) is 6.20. The predicted molar refractivity (Wildman–Crippen MR) is 84.0 cm³/mol. The van der Waals surface area contributed by atoms with Crippen LogP contribution < -0.4 is 5.32 Å². The van der Waals surface area contributed by atoms with Crippen molar-refractivity contribution >= 4 is 39.1 Å². The molecule has 0 aliphatic heterocycles. The molecule has 2 aromatic rings. The number of carboxylic acids is 1. The maximum absolute atomic E-state index is 12.0. The van der Waals surface area contributed by atoms with Gasteiger partial charge in [-0.2, -0.15) is 0 Å². The molecule has 1 heterocycles. The van der Waals surface area contributed by atoms with E-state index in [0.717, 1.165) is 10.0 Å². The Kier molecular flexibility index (Phi) is 5.08. The van der Waals surface area contributed by atoms with Crippen molar-refractivity contribution in [2.45, 2.75) is 13.3 Å². The van der Waals surface area contributed by atoms with E-state index in [4.69, 9.17) is 5.11 Å². The highest BCUT2D eigenvalue weighted by molar-refractivity contribution is 9.10. The lowest BCUT2D eigenvalue weighted by Crippen LogP contribution is -2.25. The first-order valence-electron chi connectivity index (χ1n) is 6.19. The number of rotatable bonds is 5. The lowest BCUT2D eigenvalue weighted by molar-refractivity contribution is 0.0690. The van der Waals surface area contributed by atoms with Gasteiger partial charge in [-0.15, -0.1) is 11.3 Å². The van der Waals surface area contributed by atoms with Crippen LogP contribution in [0.4, 0.5) is 0 Å². The van der Waals surface area contributed by atoms with Crippen molar-refractivity contribution in [3.8, 4) is 0 Å². The van der Waals surface area contributed by atoms with Crippen LogP contribution in [0.25, 0.3) is 0 Å². The quantitative estimate of drug-likeness (QED) is 0.850. The summed E-state index contributed by atoms with van der Waals surface area (Å²) < 4.78 is 0.961. The molecule has 7 heteroatoms. The van der Waals surface area contributed by atoms with Crippen molar-refractivity contribution < 1.29 is 14.7 Å². The van der Waals surface area contributed by atoms with Crippen LogP contribution >= 0.6 is 27.3 Å². The largest absolute Gasteiger partial charge is 0.476 e. The summed E-state index contributed by atoms with van der Waals surface area (Å²) in [6.45, 7) is 2.34. The number of amides is 1. The molecule has 2 rings (SSSR count). The van der Waals surface area contributed by atoms with E-state index in [9.17, 15) is 9.59 Å². The van der Waals surface area contributed by atoms with Crippen molar-refractivity contribution in [1.82, 2.24) is 10.3 Å². The maximum atomic E-state index is 12.0. The van der Waals surface area contributed by atoms with Crippen molar-refractivity contribution in [3.63, 3.8) is 0 Å². The fraction of sp³-hybridized carbons (Fsp3) is 0.214. The molecule has 1 aromatic heterocycles. The summed E-state index contributed by atoms with van der Waals surface area (Å²) in [7, 11) is 0. The first-order chi connectivity index (χ1) is 9.97. The van der Waals surface area contributed by atoms with Crippen LogP contribution in [0.3, 0.4) is 0 Å². The van der Waals surface area contributed by atoms with Gasteiger partial charge >= 0.3 is 5.97 Å². The fourth-order valence-electron chi connectivity index (χ4n) is 1.69. The molecule has 21 heavy (non-hydrogen) atoms. The van der Waals surface area contributed by atoms with Crippen LogP contribution in [0, 0.1) is 6.92 Å². The summed E-state index contributed by atoms with van der Waals surface area (Å²) in [6.07, 6.45) is 0.513. The number of nitrogens with zero attached hydrogens (tertiary/aromatic N) is 1. The zero-order valence-electron chi connectivity index (χ0n) is 11.2. The Labute approximate surface area is 134 Å². The molecule has 5 nitrogen and oxygen atoms in total. The maximum Gasteiger partial charge on any atom is 0.355 e. The normalized spacial score (nSPS) is 10.4. The van der Waals surface area contributed by atoms with Gasteiger partial charge in [-0.1, -0.05) is 15.9 Å². The molecule has 0 saturated carbocycles. The third kappa shape index (κ3) is 4.12. The first kappa shape index (κ1) is 15.7. The Morgan fingerprint density at radius 3 is 2.81 bits per heavy atom. The molecule has 0 fully saturated rings. The molecule has 0 bridgehead atoms. The van der Waals surface area contributed by atoms with Crippen LogP contribution in [0.15, 0.2) is 28.1 Å². The van der Waals surface area contributed by atoms with E-state index in [1.807, 2.05) is 19.1 Å². The average Bonchev–Trinajstić information content (AvgIpc) is 2.91. The summed E-state index contributed by atoms with van der Waals surface area (Å²) in [5, 5.41) is 13.8.